The van der Waals surface area contributed by atoms with Gasteiger partial charge in [0.1, 0.15) is 0 Å². The standard InChI is InChI=1S/C9H8ClF3O5S/c1-16-6-3-5(19(10,14)15)4-7(8(6)17-2)18-9(11,12)13/h3-4H,1-2H3. The molecule has 108 valence electrons. The summed E-state index contributed by atoms with van der Waals surface area (Å²) < 4.78 is 72.1. The van der Waals surface area contributed by atoms with E-state index >= 15 is 0 Å². The molecule has 0 heterocycles. The fourth-order valence-electron chi connectivity index (χ4n) is 1.25. The molecule has 5 nitrogen and oxygen atoms in total. The fraction of sp³-hybridized carbons (Fsp3) is 0.333. The van der Waals surface area contributed by atoms with Crippen LogP contribution in [0.1, 0.15) is 0 Å². The summed E-state index contributed by atoms with van der Waals surface area (Å²) in [4.78, 5) is -0.605. The molecule has 0 aliphatic rings. The minimum absolute atomic E-state index is 0.261. The van der Waals surface area contributed by atoms with Crippen molar-refractivity contribution in [3.8, 4) is 17.2 Å². The second-order valence-corrected chi connectivity index (χ2v) is 5.71. The van der Waals surface area contributed by atoms with Crippen molar-refractivity contribution >= 4 is 19.7 Å². The van der Waals surface area contributed by atoms with Crippen LogP contribution in [0.25, 0.3) is 0 Å². The summed E-state index contributed by atoms with van der Waals surface area (Å²) in [6.45, 7) is 0. The van der Waals surface area contributed by atoms with Crippen molar-refractivity contribution in [1.82, 2.24) is 0 Å². The third-order valence-corrected chi connectivity index (χ3v) is 3.26. The average Bonchev–Trinajstić information content (AvgIpc) is 2.24. The molecular formula is C9H8ClF3O5S. The Balaban J connectivity index is 3.49. The first-order valence-corrected chi connectivity index (χ1v) is 6.86. The summed E-state index contributed by atoms with van der Waals surface area (Å²) in [5.41, 5.74) is 0. The van der Waals surface area contributed by atoms with Gasteiger partial charge in [0.15, 0.2) is 11.5 Å². The number of hydrogen-bond donors (Lipinski definition) is 0. The first-order valence-electron chi connectivity index (χ1n) is 4.55. The Hall–Kier alpha value is -1.35. The van der Waals surface area contributed by atoms with E-state index in [1.54, 1.807) is 0 Å². The van der Waals surface area contributed by atoms with Crippen molar-refractivity contribution in [2.45, 2.75) is 11.3 Å². The molecule has 0 amide bonds. The Bertz CT molecular complexity index is 570. The van der Waals surface area contributed by atoms with Crippen LogP contribution in [0.5, 0.6) is 17.2 Å². The Kier molecular flexibility index (Phi) is 4.41. The molecule has 0 atom stereocenters. The maximum atomic E-state index is 12.2. The summed E-state index contributed by atoms with van der Waals surface area (Å²) >= 11 is 0. The zero-order valence-corrected chi connectivity index (χ0v) is 11.2. The van der Waals surface area contributed by atoms with Crippen LogP contribution in [0.2, 0.25) is 0 Å². The quantitative estimate of drug-likeness (QED) is 0.798. The van der Waals surface area contributed by atoms with Crippen molar-refractivity contribution < 1.29 is 35.8 Å². The van der Waals surface area contributed by atoms with E-state index in [0.29, 0.717) is 6.07 Å². The molecule has 1 aromatic rings. The molecule has 19 heavy (non-hydrogen) atoms. The molecule has 0 aliphatic heterocycles. The van der Waals surface area contributed by atoms with Crippen molar-refractivity contribution in [3.05, 3.63) is 12.1 Å². The van der Waals surface area contributed by atoms with Gasteiger partial charge >= 0.3 is 6.36 Å². The third-order valence-electron chi connectivity index (χ3n) is 1.93. The van der Waals surface area contributed by atoms with Crippen molar-refractivity contribution in [2.75, 3.05) is 14.2 Å². The SMILES string of the molecule is COc1cc(S(=O)(=O)Cl)cc(OC(F)(F)F)c1OC. The predicted octanol–water partition coefficient (Wildman–Crippen LogP) is 2.53. The number of benzene rings is 1. The Labute approximate surface area is 111 Å². The average molecular weight is 321 g/mol. The van der Waals surface area contributed by atoms with Crippen LogP contribution in [0.3, 0.4) is 0 Å². The zero-order chi connectivity index (χ0) is 14.8. The zero-order valence-electron chi connectivity index (χ0n) is 9.62. The van der Waals surface area contributed by atoms with Gasteiger partial charge in [-0.1, -0.05) is 0 Å². The first-order chi connectivity index (χ1) is 8.58. The van der Waals surface area contributed by atoms with Gasteiger partial charge in [-0.25, -0.2) is 8.42 Å². The van der Waals surface area contributed by atoms with Gasteiger partial charge in [0.2, 0.25) is 5.75 Å². The highest BCUT2D eigenvalue weighted by Gasteiger charge is 2.34. The highest BCUT2D eigenvalue weighted by molar-refractivity contribution is 8.13. The van der Waals surface area contributed by atoms with Crippen LogP contribution in [0, 0.1) is 0 Å². The second-order valence-electron chi connectivity index (χ2n) is 3.14. The second kappa shape index (κ2) is 5.33. The predicted molar refractivity (Wildman–Crippen MR) is 59.3 cm³/mol. The summed E-state index contributed by atoms with van der Waals surface area (Å²) in [7, 11) is 3.02. The summed E-state index contributed by atoms with van der Waals surface area (Å²) in [5.74, 6) is -1.53. The van der Waals surface area contributed by atoms with Crippen molar-refractivity contribution in [3.63, 3.8) is 0 Å². The molecule has 0 bridgehead atoms. The highest BCUT2D eigenvalue weighted by Crippen LogP contribution is 2.42. The number of halogens is 4. The van der Waals surface area contributed by atoms with E-state index in [1.165, 1.54) is 0 Å². The first kappa shape index (κ1) is 15.7. The van der Waals surface area contributed by atoms with E-state index in [4.69, 9.17) is 20.2 Å². The number of alkyl halides is 3. The Morgan fingerprint density at radius 1 is 1.11 bits per heavy atom. The molecule has 0 fully saturated rings. The van der Waals surface area contributed by atoms with Gasteiger partial charge in [0.25, 0.3) is 9.05 Å². The van der Waals surface area contributed by atoms with Crippen LogP contribution in [0.15, 0.2) is 17.0 Å². The molecule has 0 radical (unpaired) electrons. The van der Waals surface area contributed by atoms with E-state index in [9.17, 15) is 21.6 Å². The number of ether oxygens (including phenoxy) is 3. The molecule has 10 heteroatoms. The largest absolute Gasteiger partial charge is 0.573 e. The normalized spacial score (nSPS) is 12.1. The molecule has 0 N–H and O–H groups in total. The number of methoxy groups -OCH3 is 2. The summed E-state index contributed by atoms with van der Waals surface area (Å²) in [6, 6.07) is 1.52. The van der Waals surface area contributed by atoms with Crippen molar-refractivity contribution in [2.24, 2.45) is 0 Å². The highest BCUT2D eigenvalue weighted by atomic mass is 35.7. The molecule has 0 saturated carbocycles. The summed E-state index contributed by atoms with van der Waals surface area (Å²) in [5, 5.41) is 0. The lowest BCUT2D eigenvalue weighted by atomic mass is 10.3. The maximum Gasteiger partial charge on any atom is 0.573 e. The van der Waals surface area contributed by atoms with Gasteiger partial charge in [-0.15, -0.1) is 13.2 Å². The molecule has 0 spiro atoms. The molecular weight excluding hydrogens is 313 g/mol. The lowest BCUT2D eigenvalue weighted by Crippen LogP contribution is -2.18. The van der Waals surface area contributed by atoms with Gasteiger partial charge in [-0.3, -0.25) is 0 Å². The smallest absolute Gasteiger partial charge is 0.493 e. The fourth-order valence-corrected chi connectivity index (χ4v) is 2.01. The van der Waals surface area contributed by atoms with Crippen molar-refractivity contribution in [1.29, 1.82) is 0 Å². The molecule has 1 rings (SSSR count). The Morgan fingerprint density at radius 3 is 2.00 bits per heavy atom. The summed E-state index contributed by atoms with van der Waals surface area (Å²) in [6.07, 6.45) is -5.02. The topological polar surface area (TPSA) is 61.8 Å². The maximum absolute atomic E-state index is 12.2. The van der Waals surface area contributed by atoms with E-state index in [1.807, 2.05) is 0 Å². The van der Waals surface area contributed by atoms with Crippen LogP contribution in [0.4, 0.5) is 13.2 Å². The van der Waals surface area contributed by atoms with Gasteiger partial charge in [-0.2, -0.15) is 0 Å². The lowest BCUT2D eigenvalue weighted by molar-refractivity contribution is -0.275. The van der Waals surface area contributed by atoms with E-state index in [0.717, 1.165) is 20.3 Å². The van der Waals surface area contributed by atoms with Gasteiger partial charge in [0, 0.05) is 22.8 Å². The van der Waals surface area contributed by atoms with Crippen LogP contribution in [-0.4, -0.2) is 29.0 Å². The molecule has 1 aromatic carbocycles. The van der Waals surface area contributed by atoms with E-state index in [2.05, 4.69) is 4.74 Å². The van der Waals surface area contributed by atoms with E-state index in [-0.39, 0.29) is 5.75 Å². The minimum atomic E-state index is -5.02. The van der Waals surface area contributed by atoms with Gasteiger partial charge < -0.3 is 14.2 Å². The van der Waals surface area contributed by atoms with Gasteiger partial charge in [-0.05, 0) is 0 Å². The molecule has 0 aliphatic carbocycles. The number of hydrogen-bond acceptors (Lipinski definition) is 5. The lowest BCUT2D eigenvalue weighted by Gasteiger charge is -2.15. The molecule has 0 aromatic heterocycles. The van der Waals surface area contributed by atoms with Crippen LogP contribution in [-0.2, 0) is 9.05 Å². The van der Waals surface area contributed by atoms with Crippen LogP contribution >= 0.6 is 10.7 Å². The minimum Gasteiger partial charge on any atom is -0.493 e. The third kappa shape index (κ3) is 4.06. The van der Waals surface area contributed by atoms with Crippen LogP contribution < -0.4 is 14.2 Å². The molecule has 0 saturated heterocycles. The Morgan fingerprint density at radius 2 is 1.63 bits per heavy atom. The molecule has 0 unspecified atom stereocenters. The monoisotopic (exact) mass is 320 g/mol. The van der Waals surface area contributed by atoms with E-state index < -0.39 is 31.8 Å². The van der Waals surface area contributed by atoms with Gasteiger partial charge in [0.05, 0.1) is 19.1 Å². The number of rotatable bonds is 4.